The van der Waals surface area contributed by atoms with E-state index in [1.807, 2.05) is 0 Å². The van der Waals surface area contributed by atoms with Gasteiger partial charge >= 0.3 is 5.97 Å². The van der Waals surface area contributed by atoms with E-state index < -0.39 is 16.0 Å². The average Bonchev–Trinajstić information content (AvgIpc) is 2.22. The number of aliphatic carboxylic acids is 1. The largest absolute Gasteiger partial charge is 0.491 e. The Balaban J connectivity index is 2.98. The number of sulfonamides is 1. The van der Waals surface area contributed by atoms with Crippen molar-refractivity contribution in [2.24, 2.45) is 5.14 Å². The second-order valence-corrected chi connectivity index (χ2v) is 5.51. The minimum Gasteiger partial charge on any atom is -0.491 e. The lowest BCUT2D eigenvalue weighted by atomic mass is 10.3. The van der Waals surface area contributed by atoms with Gasteiger partial charge in [-0.1, -0.05) is 23.2 Å². The summed E-state index contributed by atoms with van der Waals surface area (Å²) in [6, 6.07) is 2.40. The topological polar surface area (TPSA) is 107 Å². The fraction of sp³-hybridized carbons (Fsp3) is 0.222. The van der Waals surface area contributed by atoms with Crippen molar-refractivity contribution >= 4 is 39.2 Å². The van der Waals surface area contributed by atoms with Crippen LogP contribution in [0.25, 0.3) is 0 Å². The number of ether oxygens (including phenoxy) is 1. The quantitative estimate of drug-likeness (QED) is 0.856. The Bertz CT molecular complexity index is 573. The number of rotatable bonds is 5. The summed E-state index contributed by atoms with van der Waals surface area (Å²) in [7, 11) is -3.97. The smallest absolute Gasteiger partial charge is 0.306 e. The van der Waals surface area contributed by atoms with Gasteiger partial charge in [0.15, 0.2) is 0 Å². The van der Waals surface area contributed by atoms with Gasteiger partial charge in [0.25, 0.3) is 0 Å². The van der Waals surface area contributed by atoms with Gasteiger partial charge in [0.2, 0.25) is 10.0 Å². The zero-order chi connectivity index (χ0) is 13.9. The Kier molecular flexibility index (Phi) is 4.80. The highest BCUT2D eigenvalue weighted by atomic mass is 35.5. The molecule has 0 aliphatic carbocycles. The molecule has 0 atom stereocenters. The maximum atomic E-state index is 11.1. The average molecular weight is 314 g/mol. The molecule has 0 fully saturated rings. The van der Waals surface area contributed by atoms with E-state index in [1.165, 1.54) is 6.07 Å². The molecule has 1 aromatic carbocycles. The van der Waals surface area contributed by atoms with Crippen LogP contribution in [0.4, 0.5) is 0 Å². The van der Waals surface area contributed by atoms with Crippen LogP contribution in [0.1, 0.15) is 6.42 Å². The molecule has 0 aromatic heterocycles. The van der Waals surface area contributed by atoms with Crippen molar-refractivity contribution in [3.63, 3.8) is 0 Å². The summed E-state index contributed by atoms with van der Waals surface area (Å²) in [5.74, 6) is -0.936. The van der Waals surface area contributed by atoms with Crippen LogP contribution in [-0.2, 0) is 14.8 Å². The first-order valence-electron chi connectivity index (χ1n) is 4.59. The lowest BCUT2D eigenvalue weighted by Crippen LogP contribution is -2.13. The molecule has 0 radical (unpaired) electrons. The van der Waals surface area contributed by atoms with Gasteiger partial charge in [-0.05, 0) is 12.1 Å². The van der Waals surface area contributed by atoms with Gasteiger partial charge in [0, 0.05) is 0 Å². The SMILES string of the molecule is NS(=O)(=O)c1ccc(OCCC(=O)O)c(Cl)c1Cl. The lowest BCUT2D eigenvalue weighted by molar-refractivity contribution is -0.137. The number of primary sulfonamides is 1. The Morgan fingerprint density at radius 3 is 2.44 bits per heavy atom. The van der Waals surface area contributed by atoms with Crippen molar-refractivity contribution in [3.8, 4) is 5.75 Å². The van der Waals surface area contributed by atoms with Gasteiger partial charge in [0.05, 0.1) is 18.1 Å². The molecule has 9 heteroatoms. The maximum Gasteiger partial charge on any atom is 0.306 e. The Morgan fingerprint density at radius 1 is 1.33 bits per heavy atom. The van der Waals surface area contributed by atoms with E-state index in [2.05, 4.69) is 0 Å². The van der Waals surface area contributed by atoms with Crippen molar-refractivity contribution in [2.45, 2.75) is 11.3 Å². The second kappa shape index (κ2) is 5.75. The number of carboxylic acid groups (broad SMARTS) is 1. The van der Waals surface area contributed by atoms with E-state index >= 15 is 0 Å². The summed E-state index contributed by atoms with van der Waals surface area (Å²) in [6.45, 7) is -0.111. The predicted octanol–water partition coefficient (Wildman–Crippen LogP) is 1.49. The van der Waals surface area contributed by atoms with Gasteiger partial charge in [0.1, 0.15) is 15.7 Å². The number of hydrogen-bond acceptors (Lipinski definition) is 4. The van der Waals surface area contributed by atoms with Gasteiger partial charge in [-0.3, -0.25) is 4.79 Å². The minimum absolute atomic E-state index is 0.0929. The summed E-state index contributed by atoms with van der Waals surface area (Å²) < 4.78 is 27.3. The molecule has 0 aliphatic heterocycles. The number of nitrogens with two attached hydrogens (primary N) is 1. The van der Waals surface area contributed by atoms with E-state index in [0.717, 1.165) is 6.07 Å². The normalized spacial score (nSPS) is 11.3. The second-order valence-electron chi connectivity index (χ2n) is 3.23. The van der Waals surface area contributed by atoms with Crippen LogP contribution in [0.15, 0.2) is 17.0 Å². The summed E-state index contributed by atoms with van der Waals surface area (Å²) >= 11 is 11.5. The minimum atomic E-state index is -3.97. The molecule has 0 heterocycles. The van der Waals surface area contributed by atoms with Crippen molar-refractivity contribution in [2.75, 3.05) is 6.61 Å². The molecule has 0 bridgehead atoms. The standard InChI is InChI=1S/C9H9Cl2NO5S/c10-8-5(17-4-3-7(13)14)1-2-6(9(8)11)18(12,15)16/h1-2H,3-4H2,(H,13,14)(H2,12,15,16). The van der Waals surface area contributed by atoms with Crippen molar-refractivity contribution in [1.82, 2.24) is 0 Å². The van der Waals surface area contributed by atoms with Crippen LogP contribution in [0.2, 0.25) is 10.0 Å². The fourth-order valence-electron chi connectivity index (χ4n) is 1.09. The zero-order valence-electron chi connectivity index (χ0n) is 8.89. The molecule has 0 saturated carbocycles. The first-order valence-corrected chi connectivity index (χ1v) is 6.89. The highest BCUT2D eigenvalue weighted by Gasteiger charge is 2.18. The lowest BCUT2D eigenvalue weighted by Gasteiger charge is -2.10. The van der Waals surface area contributed by atoms with Crippen LogP contribution in [-0.4, -0.2) is 26.1 Å². The molecule has 0 spiro atoms. The third kappa shape index (κ3) is 3.74. The van der Waals surface area contributed by atoms with Crippen molar-refractivity contribution in [3.05, 3.63) is 22.2 Å². The maximum absolute atomic E-state index is 11.1. The van der Waals surface area contributed by atoms with E-state index in [4.69, 9.17) is 38.2 Å². The molecule has 1 rings (SSSR count). The molecule has 0 saturated heterocycles. The highest BCUT2D eigenvalue weighted by Crippen LogP contribution is 2.36. The van der Waals surface area contributed by atoms with Crippen molar-refractivity contribution < 1.29 is 23.1 Å². The van der Waals surface area contributed by atoms with Gasteiger partial charge in [-0.15, -0.1) is 0 Å². The van der Waals surface area contributed by atoms with E-state index in [9.17, 15) is 13.2 Å². The van der Waals surface area contributed by atoms with Crippen LogP contribution in [0, 0.1) is 0 Å². The van der Waals surface area contributed by atoms with Crippen molar-refractivity contribution in [1.29, 1.82) is 0 Å². The van der Waals surface area contributed by atoms with E-state index in [-0.39, 0.29) is 33.7 Å². The fourth-order valence-corrected chi connectivity index (χ4v) is 2.46. The molecule has 0 unspecified atom stereocenters. The summed E-state index contributed by atoms with van der Waals surface area (Å²) in [5.41, 5.74) is 0. The van der Waals surface area contributed by atoms with Gasteiger partial charge < -0.3 is 9.84 Å². The number of carboxylic acids is 1. The molecule has 0 aliphatic rings. The Labute approximate surface area is 113 Å². The molecule has 6 nitrogen and oxygen atoms in total. The van der Waals surface area contributed by atoms with Crippen LogP contribution in [0.3, 0.4) is 0 Å². The number of carbonyl (C=O) groups is 1. The number of halogens is 2. The molecular formula is C9H9Cl2NO5S. The zero-order valence-corrected chi connectivity index (χ0v) is 11.2. The predicted molar refractivity (Wildman–Crippen MR) is 65.6 cm³/mol. The van der Waals surface area contributed by atoms with Gasteiger partial charge in [-0.2, -0.15) is 0 Å². The Morgan fingerprint density at radius 2 is 1.94 bits per heavy atom. The highest BCUT2D eigenvalue weighted by molar-refractivity contribution is 7.89. The summed E-state index contributed by atoms with van der Waals surface area (Å²) in [5, 5.41) is 13.0. The van der Waals surface area contributed by atoms with E-state index in [0.29, 0.717) is 0 Å². The molecule has 0 amide bonds. The van der Waals surface area contributed by atoms with Crippen LogP contribution in [0.5, 0.6) is 5.75 Å². The Hall–Kier alpha value is -1.02. The third-order valence-corrected chi connectivity index (χ3v) is 3.82. The first kappa shape index (κ1) is 15.0. The molecular weight excluding hydrogens is 305 g/mol. The van der Waals surface area contributed by atoms with Gasteiger partial charge in [-0.25, -0.2) is 13.6 Å². The summed E-state index contributed by atoms with van der Waals surface area (Å²) in [4.78, 5) is 9.97. The molecule has 18 heavy (non-hydrogen) atoms. The number of benzene rings is 1. The third-order valence-electron chi connectivity index (χ3n) is 1.89. The summed E-state index contributed by atoms with van der Waals surface area (Å²) in [6.07, 6.45) is -0.217. The van der Waals surface area contributed by atoms with E-state index in [1.54, 1.807) is 0 Å². The monoisotopic (exact) mass is 313 g/mol. The van der Waals surface area contributed by atoms with Crippen LogP contribution >= 0.6 is 23.2 Å². The molecule has 100 valence electrons. The molecule has 3 N–H and O–H groups in total. The molecule has 1 aromatic rings. The number of hydrogen-bond donors (Lipinski definition) is 2. The first-order chi connectivity index (χ1) is 8.23. The van der Waals surface area contributed by atoms with Crippen LogP contribution < -0.4 is 9.88 Å².